The van der Waals surface area contributed by atoms with Gasteiger partial charge in [-0.15, -0.1) is 0 Å². The van der Waals surface area contributed by atoms with E-state index in [0.29, 0.717) is 13.2 Å². The van der Waals surface area contributed by atoms with Crippen molar-refractivity contribution in [3.63, 3.8) is 0 Å². The number of nitrogens with zero attached hydrogens (tertiary/aromatic N) is 1. The molecule has 0 aromatic rings. The third kappa shape index (κ3) is 1.38. The van der Waals surface area contributed by atoms with E-state index in [2.05, 4.69) is 4.90 Å². The van der Waals surface area contributed by atoms with E-state index < -0.39 is 6.17 Å². The number of ether oxygens (including phenoxy) is 1. The van der Waals surface area contributed by atoms with Gasteiger partial charge in [0.05, 0.1) is 18.2 Å². The predicted molar refractivity (Wildman–Crippen MR) is 54.1 cm³/mol. The summed E-state index contributed by atoms with van der Waals surface area (Å²) >= 11 is 0. The lowest BCUT2D eigenvalue weighted by Gasteiger charge is -2.50. The third-order valence-corrected chi connectivity index (χ3v) is 3.90. The van der Waals surface area contributed by atoms with Crippen LogP contribution >= 0.6 is 0 Å². The van der Waals surface area contributed by atoms with Gasteiger partial charge in [-0.05, 0) is 20.3 Å². The Bertz CT molecular complexity index is 221. The average Bonchev–Trinajstić information content (AvgIpc) is 2.25. The fourth-order valence-corrected chi connectivity index (χ4v) is 2.66. The molecule has 0 amide bonds. The quantitative estimate of drug-likeness (QED) is 0.691. The van der Waals surface area contributed by atoms with Gasteiger partial charge in [-0.1, -0.05) is 6.92 Å². The molecule has 0 N–H and O–H groups in total. The molecule has 0 unspecified atom stereocenters. The van der Waals surface area contributed by atoms with Gasteiger partial charge in [0, 0.05) is 19.0 Å². The first-order valence-electron chi connectivity index (χ1n) is 5.57. The van der Waals surface area contributed by atoms with Gasteiger partial charge in [0.1, 0.15) is 6.17 Å². The highest BCUT2D eigenvalue weighted by Crippen LogP contribution is 2.46. The van der Waals surface area contributed by atoms with Crippen LogP contribution in [-0.2, 0) is 4.74 Å². The van der Waals surface area contributed by atoms with Crippen LogP contribution in [0.1, 0.15) is 27.2 Å². The molecule has 0 radical (unpaired) electrons. The van der Waals surface area contributed by atoms with Crippen molar-refractivity contribution in [3.05, 3.63) is 0 Å². The van der Waals surface area contributed by atoms with Gasteiger partial charge >= 0.3 is 0 Å². The number of hydrogen-bond acceptors (Lipinski definition) is 2. The van der Waals surface area contributed by atoms with Crippen LogP contribution in [0.3, 0.4) is 0 Å². The van der Waals surface area contributed by atoms with Gasteiger partial charge in [0.25, 0.3) is 0 Å². The Balaban J connectivity index is 2.00. The molecule has 3 atom stereocenters. The number of rotatable bonds is 3. The molecule has 2 aliphatic rings. The average molecular weight is 201 g/mol. The summed E-state index contributed by atoms with van der Waals surface area (Å²) in [4.78, 5) is 2.25. The third-order valence-electron chi connectivity index (χ3n) is 3.90. The Morgan fingerprint density at radius 1 is 1.57 bits per heavy atom. The molecule has 2 heterocycles. The van der Waals surface area contributed by atoms with Gasteiger partial charge in [0.2, 0.25) is 0 Å². The number of fused-ring (bicyclic) bond motifs is 1. The maximum Gasteiger partial charge on any atom is 0.117 e. The van der Waals surface area contributed by atoms with Crippen LogP contribution in [0.4, 0.5) is 4.39 Å². The molecule has 3 heteroatoms. The Kier molecular flexibility index (Phi) is 2.56. The lowest BCUT2D eigenvalue weighted by molar-refractivity contribution is -0.0830. The lowest BCUT2D eigenvalue weighted by atomic mass is 9.78. The van der Waals surface area contributed by atoms with Crippen molar-refractivity contribution in [1.82, 2.24) is 4.90 Å². The molecule has 0 saturated carbocycles. The molecule has 0 aromatic heterocycles. The van der Waals surface area contributed by atoms with Crippen LogP contribution in [0.5, 0.6) is 0 Å². The van der Waals surface area contributed by atoms with E-state index in [9.17, 15) is 4.39 Å². The SMILES string of the molecule is CC(C)OC[C@@]12CCN1C[C@@H](F)[C@H]2C. The van der Waals surface area contributed by atoms with E-state index >= 15 is 0 Å². The van der Waals surface area contributed by atoms with Gasteiger partial charge in [-0.2, -0.15) is 0 Å². The summed E-state index contributed by atoms with van der Waals surface area (Å²) in [5.74, 6) is 0.134. The molecule has 2 rings (SSSR count). The Morgan fingerprint density at radius 3 is 2.71 bits per heavy atom. The Morgan fingerprint density at radius 2 is 2.29 bits per heavy atom. The summed E-state index contributed by atoms with van der Waals surface area (Å²) in [6, 6.07) is 0. The molecule has 0 bridgehead atoms. The second-order valence-corrected chi connectivity index (χ2v) is 4.96. The second kappa shape index (κ2) is 3.46. The molecule has 2 fully saturated rings. The zero-order valence-corrected chi connectivity index (χ0v) is 9.29. The standard InChI is InChI=1S/C11H20FNO/c1-8(2)14-7-11-4-5-13(11)6-10(12)9(11)3/h8-10H,4-7H2,1-3H3/t9-,10-,11-/m1/s1. The number of halogens is 1. The highest BCUT2D eigenvalue weighted by molar-refractivity contribution is 5.11. The largest absolute Gasteiger partial charge is 0.377 e. The van der Waals surface area contributed by atoms with Crippen molar-refractivity contribution < 1.29 is 9.13 Å². The van der Waals surface area contributed by atoms with E-state index in [1.807, 2.05) is 20.8 Å². The van der Waals surface area contributed by atoms with Gasteiger partial charge in [0.15, 0.2) is 0 Å². The molecule has 0 spiro atoms. The van der Waals surface area contributed by atoms with Crippen LogP contribution in [0.15, 0.2) is 0 Å². The molecular weight excluding hydrogens is 181 g/mol. The number of hydrogen-bond donors (Lipinski definition) is 0. The predicted octanol–water partition coefficient (Wildman–Crippen LogP) is 1.84. The van der Waals surface area contributed by atoms with Crippen molar-refractivity contribution in [2.75, 3.05) is 19.7 Å². The number of alkyl halides is 1. The summed E-state index contributed by atoms with van der Waals surface area (Å²) in [5.41, 5.74) is 0.0314. The molecule has 0 aliphatic carbocycles. The lowest BCUT2D eigenvalue weighted by Crippen LogP contribution is -2.61. The highest BCUT2D eigenvalue weighted by Gasteiger charge is 2.57. The smallest absolute Gasteiger partial charge is 0.117 e. The van der Waals surface area contributed by atoms with E-state index in [1.54, 1.807) is 0 Å². The molecule has 2 aliphatic heterocycles. The maximum atomic E-state index is 13.5. The maximum absolute atomic E-state index is 13.5. The van der Waals surface area contributed by atoms with E-state index in [1.165, 1.54) is 0 Å². The minimum Gasteiger partial charge on any atom is -0.377 e. The zero-order chi connectivity index (χ0) is 10.3. The van der Waals surface area contributed by atoms with E-state index in [0.717, 1.165) is 13.0 Å². The van der Waals surface area contributed by atoms with Crippen molar-refractivity contribution >= 4 is 0 Å². The fraction of sp³-hybridized carbons (Fsp3) is 1.00. The molecule has 2 saturated heterocycles. The summed E-state index contributed by atoms with van der Waals surface area (Å²) < 4.78 is 19.2. The second-order valence-electron chi connectivity index (χ2n) is 4.96. The topological polar surface area (TPSA) is 12.5 Å². The summed E-state index contributed by atoms with van der Waals surface area (Å²) in [6.07, 6.45) is 0.687. The normalized spacial score (nSPS) is 42.6. The zero-order valence-electron chi connectivity index (χ0n) is 9.29. The molecule has 82 valence electrons. The van der Waals surface area contributed by atoms with Crippen molar-refractivity contribution in [2.45, 2.75) is 45.0 Å². The highest BCUT2D eigenvalue weighted by atomic mass is 19.1. The van der Waals surface area contributed by atoms with Gasteiger partial charge in [-0.3, -0.25) is 4.90 Å². The summed E-state index contributed by atoms with van der Waals surface area (Å²) in [5, 5.41) is 0. The first-order valence-corrected chi connectivity index (χ1v) is 5.57. The molecule has 0 aromatic carbocycles. The van der Waals surface area contributed by atoms with Crippen LogP contribution in [0.25, 0.3) is 0 Å². The van der Waals surface area contributed by atoms with Gasteiger partial charge < -0.3 is 4.74 Å². The first-order chi connectivity index (χ1) is 6.56. The minimum atomic E-state index is -0.659. The van der Waals surface area contributed by atoms with E-state index in [-0.39, 0.29) is 17.6 Å². The van der Waals surface area contributed by atoms with Crippen LogP contribution in [0.2, 0.25) is 0 Å². The summed E-state index contributed by atoms with van der Waals surface area (Å²) in [6.45, 7) is 8.45. The molecule has 2 nitrogen and oxygen atoms in total. The first kappa shape index (κ1) is 10.4. The monoisotopic (exact) mass is 201 g/mol. The Hall–Kier alpha value is -0.150. The summed E-state index contributed by atoms with van der Waals surface area (Å²) in [7, 11) is 0. The van der Waals surface area contributed by atoms with Crippen LogP contribution in [-0.4, -0.2) is 42.4 Å². The van der Waals surface area contributed by atoms with E-state index in [4.69, 9.17) is 4.74 Å². The van der Waals surface area contributed by atoms with Crippen LogP contribution < -0.4 is 0 Å². The molecular formula is C11H20FNO. The Labute approximate surface area is 85.4 Å². The van der Waals surface area contributed by atoms with Crippen LogP contribution in [0, 0.1) is 5.92 Å². The van der Waals surface area contributed by atoms with Crippen molar-refractivity contribution in [1.29, 1.82) is 0 Å². The fourth-order valence-electron chi connectivity index (χ4n) is 2.66. The molecule has 14 heavy (non-hydrogen) atoms. The van der Waals surface area contributed by atoms with Crippen molar-refractivity contribution in [3.8, 4) is 0 Å². The van der Waals surface area contributed by atoms with Crippen molar-refractivity contribution in [2.24, 2.45) is 5.92 Å². The van der Waals surface area contributed by atoms with Gasteiger partial charge in [-0.25, -0.2) is 4.39 Å². The minimum absolute atomic E-state index is 0.0314.